The number of anilines is 1. The summed E-state index contributed by atoms with van der Waals surface area (Å²) in [6, 6.07) is 7.79. The van der Waals surface area contributed by atoms with Crippen molar-refractivity contribution in [1.82, 2.24) is 10.2 Å². The molecule has 0 radical (unpaired) electrons. The lowest BCUT2D eigenvalue weighted by molar-refractivity contribution is -0.121. The molecule has 1 saturated heterocycles. The Labute approximate surface area is 115 Å². The average Bonchev–Trinajstić information content (AvgIpc) is 2.36. The van der Waals surface area contributed by atoms with E-state index in [9.17, 15) is 4.79 Å². The van der Waals surface area contributed by atoms with Gasteiger partial charge in [0.25, 0.3) is 0 Å². The van der Waals surface area contributed by atoms with Crippen molar-refractivity contribution < 1.29 is 4.79 Å². The lowest BCUT2D eigenvalue weighted by atomic mass is 9.94. The number of hydrogen-bond donors (Lipinski definition) is 2. The van der Waals surface area contributed by atoms with Crippen LogP contribution in [0.1, 0.15) is 18.9 Å². The van der Waals surface area contributed by atoms with Crippen LogP contribution in [0.4, 0.5) is 5.69 Å². The number of amides is 1. The van der Waals surface area contributed by atoms with Gasteiger partial charge in [0, 0.05) is 18.3 Å². The molecule has 0 aliphatic carbocycles. The molecule has 1 aliphatic heterocycles. The topological polar surface area (TPSA) is 58.4 Å². The van der Waals surface area contributed by atoms with Crippen molar-refractivity contribution in [3.8, 4) is 0 Å². The van der Waals surface area contributed by atoms with Gasteiger partial charge in [0.1, 0.15) is 0 Å². The fraction of sp³-hybridized carbons (Fsp3) is 0.533. The highest BCUT2D eigenvalue weighted by atomic mass is 16.1. The van der Waals surface area contributed by atoms with E-state index in [0.717, 1.165) is 30.8 Å². The van der Waals surface area contributed by atoms with Crippen LogP contribution in [0.25, 0.3) is 0 Å². The zero-order valence-electron chi connectivity index (χ0n) is 11.7. The number of carbonyl (C=O) groups excluding carboxylic acids is 1. The highest BCUT2D eigenvalue weighted by Crippen LogP contribution is 2.15. The number of nitrogens with zero attached hydrogens (tertiary/aromatic N) is 1. The summed E-state index contributed by atoms with van der Waals surface area (Å²) in [5.41, 5.74) is 7.37. The minimum atomic E-state index is 0.103. The number of piperidine rings is 1. The maximum Gasteiger partial charge on any atom is 0.224 e. The van der Waals surface area contributed by atoms with E-state index in [4.69, 9.17) is 5.73 Å². The van der Waals surface area contributed by atoms with Crippen molar-refractivity contribution in [2.75, 3.05) is 25.9 Å². The molecule has 0 bridgehead atoms. The SMILES string of the molecule is CC1CN(C)CCC1NC(=O)Cc1ccc(N)cc1. The van der Waals surface area contributed by atoms with Gasteiger partial charge in [-0.2, -0.15) is 0 Å². The summed E-state index contributed by atoms with van der Waals surface area (Å²) in [4.78, 5) is 14.3. The standard InChI is InChI=1S/C15H23N3O/c1-11-10-18(2)8-7-14(11)17-15(19)9-12-3-5-13(16)6-4-12/h3-6,11,14H,7-10,16H2,1-2H3,(H,17,19). The van der Waals surface area contributed by atoms with Gasteiger partial charge in [0.05, 0.1) is 6.42 Å². The molecule has 0 aromatic heterocycles. The Morgan fingerprint density at radius 3 is 2.74 bits per heavy atom. The van der Waals surface area contributed by atoms with E-state index >= 15 is 0 Å². The molecule has 1 aliphatic rings. The summed E-state index contributed by atoms with van der Waals surface area (Å²) in [6.45, 7) is 4.30. The first-order chi connectivity index (χ1) is 9.04. The van der Waals surface area contributed by atoms with E-state index in [0.29, 0.717) is 18.4 Å². The Hall–Kier alpha value is -1.55. The summed E-state index contributed by atoms with van der Waals surface area (Å²) in [7, 11) is 2.13. The van der Waals surface area contributed by atoms with Crippen LogP contribution >= 0.6 is 0 Å². The maximum atomic E-state index is 12.0. The van der Waals surface area contributed by atoms with Crippen LogP contribution in [-0.4, -0.2) is 37.0 Å². The molecule has 1 heterocycles. The summed E-state index contributed by atoms with van der Waals surface area (Å²) in [5.74, 6) is 0.611. The molecule has 2 unspecified atom stereocenters. The Kier molecular flexibility index (Phi) is 4.43. The van der Waals surface area contributed by atoms with E-state index < -0.39 is 0 Å². The molecule has 1 fully saturated rings. The molecule has 1 aromatic carbocycles. The minimum absolute atomic E-state index is 0.103. The lowest BCUT2D eigenvalue weighted by Crippen LogP contribution is -2.49. The van der Waals surface area contributed by atoms with Crippen molar-refractivity contribution in [1.29, 1.82) is 0 Å². The quantitative estimate of drug-likeness (QED) is 0.806. The third kappa shape index (κ3) is 3.96. The van der Waals surface area contributed by atoms with Gasteiger partial charge in [-0.15, -0.1) is 0 Å². The highest BCUT2D eigenvalue weighted by molar-refractivity contribution is 5.79. The molecule has 1 amide bonds. The van der Waals surface area contributed by atoms with Crippen molar-refractivity contribution in [2.45, 2.75) is 25.8 Å². The van der Waals surface area contributed by atoms with E-state index in [2.05, 4.69) is 24.2 Å². The third-order valence-electron chi connectivity index (χ3n) is 3.80. The van der Waals surface area contributed by atoms with Gasteiger partial charge in [-0.25, -0.2) is 0 Å². The zero-order chi connectivity index (χ0) is 13.8. The maximum absolute atomic E-state index is 12.0. The van der Waals surface area contributed by atoms with Crippen LogP contribution in [0.15, 0.2) is 24.3 Å². The summed E-state index contributed by atoms with van der Waals surface area (Å²) < 4.78 is 0. The number of carbonyl (C=O) groups is 1. The number of nitrogen functional groups attached to an aromatic ring is 1. The molecule has 104 valence electrons. The van der Waals surface area contributed by atoms with Crippen LogP contribution in [0, 0.1) is 5.92 Å². The van der Waals surface area contributed by atoms with Crippen LogP contribution < -0.4 is 11.1 Å². The largest absolute Gasteiger partial charge is 0.399 e. The van der Waals surface area contributed by atoms with Crippen molar-refractivity contribution in [3.05, 3.63) is 29.8 Å². The van der Waals surface area contributed by atoms with Gasteiger partial charge in [-0.05, 0) is 43.6 Å². The molecule has 2 rings (SSSR count). The zero-order valence-corrected chi connectivity index (χ0v) is 11.7. The third-order valence-corrected chi connectivity index (χ3v) is 3.80. The molecule has 2 atom stereocenters. The number of benzene rings is 1. The molecule has 4 nitrogen and oxygen atoms in total. The van der Waals surface area contributed by atoms with Gasteiger partial charge in [0.2, 0.25) is 5.91 Å². The fourth-order valence-electron chi connectivity index (χ4n) is 2.65. The predicted octanol–water partition coefficient (Wildman–Crippen LogP) is 1.27. The normalized spacial score (nSPS) is 24.1. The Morgan fingerprint density at radius 1 is 1.42 bits per heavy atom. The van der Waals surface area contributed by atoms with Crippen molar-refractivity contribution in [2.24, 2.45) is 5.92 Å². The number of likely N-dealkylation sites (tertiary alicyclic amines) is 1. The molecule has 4 heteroatoms. The first-order valence-electron chi connectivity index (χ1n) is 6.87. The number of nitrogens with one attached hydrogen (secondary N) is 1. The predicted molar refractivity (Wildman–Crippen MR) is 77.8 cm³/mol. The monoisotopic (exact) mass is 261 g/mol. The smallest absolute Gasteiger partial charge is 0.224 e. The molecule has 1 aromatic rings. The molecular weight excluding hydrogens is 238 g/mol. The second kappa shape index (κ2) is 6.06. The van der Waals surface area contributed by atoms with Gasteiger partial charge < -0.3 is 16.0 Å². The summed E-state index contributed by atoms with van der Waals surface area (Å²) in [5, 5.41) is 3.16. The van der Waals surface area contributed by atoms with Gasteiger partial charge in [0.15, 0.2) is 0 Å². The van der Waals surface area contributed by atoms with Crippen LogP contribution in [0.5, 0.6) is 0 Å². The second-order valence-electron chi connectivity index (χ2n) is 5.62. The average molecular weight is 261 g/mol. The van der Waals surface area contributed by atoms with E-state index in [1.165, 1.54) is 0 Å². The highest BCUT2D eigenvalue weighted by Gasteiger charge is 2.25. The molecular formula is C15H23N3O. The van der Waals surface area contributed by atoms with Crippen LogP contribution in [-0.2, 0) is 11.2 Å². The van der Waals surface area contributed by atoms with Gasteiger partial charge in [-0.3, -0.25) is 4.79 Å². The molecule has 3 N–H and O–H groups in total. The van der Waals surface area contributed by atoms with Crippen molar-refractivity contribution >= 4 is 11.6 Å². The molecule has 19 heavy (non-hydrogen) atoms. The van der Waals surface area contributed by atoms with E-state index in [1.54, 1.807) is 0 Å². The van der Waals surface area contributed by atoms with Crippen LogP contribution in [0.3, 0.4) is 0 Å². The molecule has 0 saturated carbocycles. The van der Waals surface area contributed by atoms with Gasteiger partial charge >= 0.3 is 0 Å². The summed E-state index contributed by atoms with van der Waals surface area (Å²) >= 11 is 0. The fourth-order valence-corrected chi connectivity index (χ4v) is 2.65. The first-order valence-corrected chi connectivity index (χ1v) is 6.87. The van der Waals surface area contributed by atoms with Gasteiger partial charge in [-0.1, -0.05) is 19.1 Å². The van der Waals surface area contributed by atoms with E-state index in [1.807, 2.05) is 24.3 Å². The minimum Gasteiger partial charge on any atom is -0.399 e. The second-order valence-corrected chi connectivity index (χ2v) is 5.62. The lowest BCUT2D eigenvalue weighted by Gasteiger charge is -2.35. The van der Waals surface area contributed by atoms with Crippen molar-refractivity contribution in [3.63, 3.8) is 0 Å². The Morgan fingerprint density at radius 2 is 2.11 bits per heavy atom. The Bertz CT molecular complexity index is 430. The number of nitrogens with two attached hydrogens (primary N) is 1. The van der Waals surface area contributed by atoms with E-state index in [-0.39, 0.29) is 5.91 Å². The number of hydrogen-bond acceptors (Lipinski definition) is 3. The van der Waals surface area contributed by atoms with Crippen LogP contribution in [0.2, 0.25) is 0 Å². The Balaban J connectivity index is 1.85. The number of rotatable bonds is 3. The summed E-state index contributed by atoms with van der Waals surface area (Å²) in [6.07, 6.45) is 1.46. The molecule has 0 spiro atoms. The first kappa shape index (κ1) is 13.9.